The summed E-state index contributed by atoms with van der Waals surface area (Å²) in [6.45, 7) is 1.00. The third-order valence-corrected chi connectivity index (χ3v) is 5.99. The fourth-order valence-corrected chi connectivity index (χ4v) is 4.24. The maximum atomic E-state index is 13.1. The smallest absolute Gasteiger partial charge is 0.225 e. The molecule has 0 radical (unpaired) electrons. The van der Waals surface area contributed by atoms with Gasteiger partial charge in [-0.15, -0.1) is 0 Å². The minimum Gasteiger partial charge on any atom is -0.352 e. The van der Waals surface area contributed by atoms with Crippen molar-refractivity contribution in [2.24, 2.45) is 5.92 Å². The van der Waals surface area contributed by atoms with Crippen LogP contribution in [0.2, 0.25) is 0 Å². The lowest BCUT2D eigenvalue weighted by atomic mass is 10.1. The normalized spacial score (nSPS) is 15.6. The number of carbonyl (C=O) groups is 2. The molecule has 172 valence electrons. The zero-order chi connectivity index (χ0) is 23.5. The van der Waals surface area contributed by atoms with E-state index in [-0.39, 0.29) is 24.1 Å². The molecule has 0 saturated carbocycles. The standard InChI is InChI=1S/C26H24FN5O2/c27-22-10-8-19(9-11-22)15-28-25(34)20-14-24(33)31(17-20)18-21-16-29-32(23-6-2-1-3-7-23)26(21)30-12-4-5-13-30/h1-13,16,20H,14-15,17-18H2,(H,28,34). The first kappa shape index (κ1) is 21.6. The Balaban J connectivity index is 1.30. The van der Waals surface area contributed by atoms with Gasteiger partial charge in [-0.3, -0.25) is 9.59 Å². The summed E-state index contributed by atoms with van der Waals surface area (Å²) >= 11 is 0. The van der Waals surface area contributed by atoms with Gasteiger partial charge in [0.2, 0.25) is 11.8 Å². The van der Waals surface area contributed by atoms with Crippen molar-refractivity contribution < 1.29 is 14.0 Å². The Kier molecular flexibility index (Phi) is 5.95. The van der Waals surface area contributed by atoms with Crippen molar-refractivity contribution >= 4 is 11.8 Å². The number of carbonyl (C=O) groups excluding carboxylic acids is 2. The molecule has 34 heavy (non-hydrogen) atoms. The van der Waals surface area contributed by atoms with E-state index in [0.717, 1.165) is 22.6 Å². The highest BCUT2D eigenvalue weighted by Gasteiger charge is 2.35. The van der Waals surface area contributed by atoms with Crippen LogP contribution in [0.4, 0.5) is 4.39 Å². The molecule has 3 heterocycles. The molecule has 5 rings (SSSR count). The molecule has 0 spiro atoms. The fourth-order valence-electron chi connectivity index (χ4n) is 4.24. The van der Waals surface area contributed by atoms with Crippen LogP contribution in [-0.4, -0.2) is 37.6 Å². The van der Waals surface area contributed by atoms with Crippen molar-refractivity contribution in [2.75, 3.05) is 6.54 Å². The van der Waals surface area contributed by atoms with Gasteiger partial charge in [0.1, 0.15) is 11.6 Å². The van der Waals surface area contributed by atoms with E-state index in [2.05, 4.69) is 10.4 Å². The summed E-state index contributed by atoms with van der Waals surface area (Å²) in [7, 11) is 0. The van der Waals surface area contributed by atoms with Gasteiger partial charge in [0.25, 0.3) is 0 Å². The van der Waals surface area contributed by atoms with Gasteiger partial charge in [-0.05, 0) is 42.0 Å². The molecular formula is C26H24FN5O2. The number of para-hydroxylation sites is 1. The van der Waals surface area contributed by atoms with E-state index in [1.165, 1.54) is 12.1 Å². The minimum atomic E-state index is -0.424. The molecule has 2 aromatic heterocycles. The quantitative estimate of drug-likeness (QED) is 0.462. The first-order valence-corrected chi connectivity index (χ1v) is 11.1. The lowest BCUT2D eigenvalue weighted by molar-refractivity contribution is -0.129. The Hall–Kier alpha value is -4.20. The summed E-state index contributed by atoms with van der Waals surface area (Å²) in [6, 6.07) is 19.7. The monoisotopic (exact) mass is 457 g/mol. The lowest BCUT2D eigenvalue weighted by Crippen LogP contribution is -2.32. The number of halogens is 1. The van der Waals surface area contributed by atoms with Gasteiger partial charge in [-0.25, -0.2) is 9.07 Å². The molecule has 1 N–H and O–H groups in total. The maximum Gasteiger partial charge on any atom is 0.225 e. The van der Waals surface area contributed by atoms with E-state index in [9.17, 15) is 14.0 Å². The van der Waals surface area contributed by atoms with Crippen LogP contribution in [0.15, 0.2) is 85.3 Å². The minimum absolute atomic E-state index is 0.0622. The number of nitrogens with one attached hydrogen (secondary N) is 1. The largest absolute Gasteiger partial charge is 0.352 e. The highest BCUT2D eigenvalue weighted by molar-refractivity contribution is 5.89. The molecule has 7 nitrogen and oxygen atoms in total. The van der Waals surface area contributed by atoms with Gasteiger partial charge < -0.3 is 14.8 Å². The molecule has 2 aromatic carbocycles. The average molecular weight is 458 g/mol. The molecule has 8 heteroatoms. The molecule has 1 saturated heterocycles. The number of amides is 2. The SMILES string of the molecule is O=C(NCc1ccc(F)cc1)C1CC(=O)N(Cc2cnn(-c3ccccc3)c2-n2cccc2)C1. The number of hydrogen-bond donors (Lipinski definition) is 1. The number of hydrogen-bond acceptors (Lipinski definition) is 3. The molecule has 1 aliphatic rings. The maximum absolute atomic E-state index is 13.1. The van der Waals surface area contributed by atoms with Crippen LogP contribution in [0.25, 0.3) is 11.5 Å². The second-order valence-corrected chi connectivity index (χ2v) is 8.35. The van der Waals surface area contributed by atoms with E-state index in [1.807, 2.05) is 64.1 Å². The van der Waals surface area contributed by atoms with Crippen LogP contribution in [0, 0.1) is 11.7 Å². The number of rotatable bonds is 7. The van der Waals surface area contributed by atoms with Gasteiger partial charge in [0.05, 0.1) is 24.3 Å². The summed E-state index contributed by atoms with van der Waals surface area (Å²) in [5.74, 6) is -0.124. The first-order valence-electron chi connectivity index (χ1n) is 11.1. The van der Waals surface area contributed by atoms with Crippen LogP contribution < -0.4 is 5.32 Å². The van der Waals surface area contributed by atoms with Crippen LogP contribution in [0.3, 0.4) is 0 Å². The van der Waals surface area contributed by atoms with Gasteiger partial charge in [0, 0.05) is 37.5 Å². The second-order valence-electron chi connectivity index (χ2n) is 8.35. The predicted molar refractivity (Wildman–Crippen MR) is 125 cm³/mol. The molecule has 1 atom stereocenters. The Morgan fingerprint density at radius 2 is 1.76 bits per heavy atom. The van der Waals surface area contributed by atoms with Crippen molar-refractivity contribution in [1.82, 2.24) is 24.6 Å². The summed E-state index contributed by atoms with van der Waals surface area (Å²) < 4.78 is 16.9. The summed E-state index contributed by atoms with van der Waals surface area (Å²) in [4.78, 5) is 27.1. The van der Waals surface area contributed by atoms with E-state index in [1.54, 1.807) is 23.2 Å². The van der Waals surface area contributed by atoms with E-state index in [4.69, 9.17) is 0 Å². The number of nitrogens with zero attached hydrogens (tertiary/aromatic N) is 4. The number of aromatic nitrogens is 3. The Bertz CT molecular complexity index is 1280. The zero-order valence-corrected chi connectivity index (χ0v) is 18.5. The van der Waals surface area contributed by atoms with Gasteiger partial charge in [0.15, 0.2) is 0 Å². The van der Waals surface area contributed by atoms with E-state index in [0.29, 0.717) is 19.6 Å². The fraction of sp³-hybridized carbons (Fsp3) is 0.192. The van der Waals surface area contributed by atoms with Crippen LogP contribution in [0.5, 0.6) is 0 Å². The molecule has 2 amide bonds. The molecule has 0 bridgehead atoms. The topological polar surface area (TPSA) is 72.2 Å². The van der Waals surface area contributed by atoms with Crippen molar-refractivity contribution in [2.45, 2.75) is 19.5 Å². The Morgan fingerprint density at radius 1 is 1.03 bits per heavy atom. The van der Waals surface area contributed by atoms with E-state index < -0.39 is 5.92 Å². The van der Waals surface area contributed by atoms with E-state index >= 15 is 0 Å². The van der Waals surface area contributed by atoms with Crippen molar-refractivity contribution in [1.29, 1.82) is 0 Å². The first-order chi connectivity index (χ1) is 16.6. The van der Waals surface area contributed by atoms with Gasteiger partial charge in [-0.1, -0.05) is 30.3 Å². The summed E-state index contributed by atoms with van der Waals surface area (Å²) in [5, 5.41) is 7.45. The van der Waals surface area contributed by atoms with Crippen LogP contribution in [0.1, 0.15) is 17.5 Å². The average Bonchev–Trinajstić information content (AvgIpc) is 3.60. The van der Waals surface area contributed by atoms with Crippen molar-refractivity contribution in [3.8, 4) is 11.5 Å². The Morgan fingerprint density at radius 3 is 2.50 bits per heavy atom. The van der Waals surface area contributed by atoms with Gasteiger partial charge >= 0.3 is 0 Å². The van der Waals surface area contributed by atoms with Gasteiger partial charge in [-0.2, -0.15) is 5.10 Å². The molecule has 0 aliphatic carbocycles. The third kappa shape index (κ3) is 4.47. The summed E-state index contributed by atoms with van der Waals surface area (Å²) in [6.07, 6.45) is 5.83. The summed E-state index contributed by atoms with van der Waals surface area (Å²) in [5.41, 5.74) is 2.62. The Labute approximate surface area is 196 Å². The predicted octanol–water partition coefficient (Wildman–Crippen LogP) is 3.47. The van der Waals surface area contributed by atoms with Crippen molar-refractivity contribution in [3.05, 3.63) is 102 Å². The molecule has 4 aromatic rings. The number of likely N-dealkylation sites (tertiary alicyclic amines) is 1. The molecule has 1 aliphatic heterocycles. The lowest BCUT2D eigenvalue weighted by Gasteiger charge is -2.18. The van der Waals surface area contributed by atoms with Crippen molar-refractivity contribution in [3.63, 3.8) is 0 Å². The highest BCUT2D eigenvalue weighted by atomic mass is 19.1. The molecular weight excluding hydrogens is 433 g/mol. The highest BCUT2D eigenvalue weighted by Crippen LogP contribution is 2.25. The van der Waals surface area contributed by atoms with Crippen LogP contribution >= 0.6 is 0 Å². The molecule has 1 unspecified atom stereocenters. The number of benzene rings is 2. The zero-order valence-electron chi connectivity index (χ0n) is 18.5. The second kappa shape index (κ2) is 9.35. The molecule has 1 fully saturated rings. The van der Waals surface area contributed by atoms with Crippen LogP contribution in [-0.2, 0) is 22.7 Å². The third-order valence-electron chi connectivity index (χ3n) is 5.99.